The van der Waals surface area contributed by atoms with Gasteiger partial charge in [-0.2, -0.15) is 0 Å². The minimum atomic E-state index is 0.225. The Balaban J connectivity index is 2.03. The highest BCUT2D eigenvalue weighted by atomic mass is 14.6. The molecule has 0 aliphatic heterocycles. The zero-order valence-electron chi connectivity index (χ0n) is 8.90. The van der Waals surface area contributed by atoms with Crippen molar-refractivity contribution in [3.63, 3.8) is 0 Å². The van der Waals surface area contributed by atoms with Crippen LogP contribution in [-0.4, -0.2) is 7.85 Å². The van der Waals surface area contributed by atoms with E-state index in [0.29, 0.717) is 10.8 Å². The van der Waals surface area contributed by atoms with Gasteiger partial charge < -0.3 is 0 Å². The maximum absolute atomic E-state index is 6.49. The standard InChI is InChI=1S/C12H19B/c1-10-3-9-4-11(2,6-10)8-12(13,5-9)7-10/h9H,3-8H2,1-2H3. The molecule has 2 atom stereocenters. The molecule has 2 unspecified atom stereocenters. The van der Waals surface area contributed by atoms with Gasteiger partial charge >= 0.3 is 0 Å². The Bertz CT molecular complexity index is 207. The molecule has 4 aliphatic carbocycles. The first-order valence-electron chi connectivity index (χ1n) is 5.70. The molecule has 4 fully saturated rings. The van der Waals surface area contributed by atoms with E-state index < -0.39 is 0 Å². The molecule has 0 amide bonds. The van der Waals surface area contributed by atoms with Gasteiger partial charge in [-0.05, 0) is 36.0 Å². The van der Waals surface area contributed by atoms with Crippen molar-refractivity contribution in [3.8, 4) is 0 Å². The largest absolute Gasteiger partial charge is 0.0746 e. The van der Waals surface area contributed by atoms with Gasteiger partial charge in [0, 0.05) is 0 Å². The van der Waals surface area contributed by atoms with Crippen LogP contribution in [0.1, 0.15) is 52.4 Å². The van der Waals surface area contributed by atoms with Crippen LogP contribution < -0.4 is 0 Å². The zero-order chi connectivity index (χ0) is 9.32. The van der Waals surface area contributed by atoms with Gasteiger partial charge in [0.1, 0.15) is 0 Å². The second-order valence-corrected chi connectivity index (χ2v) is 6.99. The molecule has 0 saturated heterocycles. The summed E-state index contributed by atoms with van der Waals surface area (Å²) in [7, 11) is 6.49. The van der Waals surface area contributed by atoms with Gasteiger partial charge in [-0.25, -0.2) is 0 Å². The minimum Gasteiger partial charge on any atom is -0.0648 e. The molecule has 13 heavy (non-hydrogen) atoms. The minimum absolute atomic E-state index is 0.225. The summed E-state index contributed by atoms with van der Waals surface area (Å²) < 4.78 is 0. The average molecular weight is 174 g/mol. The summed E-state index contributed by atoms with van der Waals surface area (Å²) in [5.41, 5.74) is 1.20. The average Bonchev–Trinajstić information content (AvgIpc) is 1.71. The maximum Gasteiger partial charge on any atom is 0.0746 e. The summed E-state index contributed by atoms with van der Waals surface area (Å²) in [6.07, 6.45) is 8.27. The summed E-state index contributed by atoms with van der Waals surface area (Å²) in [6.45, 7) is 4.94. The number of hydrogen-bond donors (Lipinski definition) is 0. The van der Waals surface area contributed by atoms with E-state index in [1.54, 1.807) is 0 Å². The Labute approximate surface area is 82.9 Å². The van der Waals surface area contributed by atoms with Crippen LogP contribution in [0.2, 0.25) is 5.31 Å². The number of hydrogen-bond acceptors (Lipinski definition) is 0. The van der Waals surface area contributed by atoms with Gasteiger partial charge in [-0.3, -0.25) is 0 Å². The van der Waals surface area contributed by atoms with E-state index in [2.05, 4.69) is 13.8 Å². The third kappa shape index (κ3) is 1.12. The van der Waals surface area contributed by atoms with Gasteiger partial charge in [0.05, 0.1) is 7.85 Å². The lowest BCUT2D eigenvalue weighted by Gasteiger charge is -2.65. The third-order valence-electron chi connectivity index (χ3n) is 4.67. The fraction of sp³-hybridized carbons (Fsp3) is 1.00. The molecule has 0 nitrogen and oxygen atoms in total. The summed E-state index contributed by atoms with van der Waals surface area (Å²) in [5, 5.41) is 0.225. The Morgan fingerprint density at radius 3 is 1.85 bits per heavy atom. The Morgan fingerprint density at radius 1 is 0.923 bits per heavy atom. The van der Waals surface area contributed by atoms with Crippen LogP contribution in [0.5, 0.6) is 0 Å². The van der Waals surface area contributed by atoms with Crippen LogP contribution in [0.3, 0.4) is 0 Å². The highest BCUT2D eigenvalue weighted by molar-refractivity contribution is 6.15. The van der Waals surface area contributed by atoms with Crippen molar-refractivity contribution in [2.45, 2.75) is 57.7 Å². The Kier molecular flexibility index (Phi) is 1.30. The molecule has 0 N–H and O–H groups in total. The zero-order valence-corrected chi connectivity index (χ0v) is 8.90. The lowest BCUT2D eigenvalue weighted by Crippen LogP contribution is -2.52. The molecule has 2 radical (unpaired) electrons. The summed E-state index contributed by atoms with van der Waals surface area (Å²) in [6, 6.07) is 0. The second-order valence-electron chi connectivity index (χ2n) is 6.99. The van der Waals surface area contributed by atoms with E-state index >= 15 is 0 Å². The van der Waals surface area contributed by atoms with E-state index in [4.69, 9.17) is 7.85 Å². The van der Waals surface area contributed by atoms with Crippen LogP contribution in [0, 0.1) is 16.7 Å². The van der Waals surface area contributed by atoms with E-state index in [0.717, 1.165) is 5.92 Å². The molecule has 4 rings (SSSR count). The monoisotopic (exact) mass is 174 g/mol. The lowest BCUT2D eigenvalue weighted by atomic mass is 9.36. The predicted octanol–water partition coefficient (Wildman–Crippen LogP) is 3.32. The fourth-order valence-corrected chi connectivity index (χ4v) is 5.54. The Hall–Kier alpha value is 0.0649. The summed E-state index contributed by atoms with van der Waals surface area (Å²) in [5.74, 6) is 0.955. The molecule has 0 heterocycles. The first kappa shape index (κ1) is 8.38. The van der Waals surface area contributed by atoms with Crippen LogP contribution in [0.15, 0.2) is 0 Å². The molecule has 4 saturated carbocycles. The normalized spacial score (nSPS) is 64.3. The van der Waals surface area contributed by atoms with Gasteiger partial charge in [0.25, 0.3) is 0 Å². The van der Waals surface area contributed by atoms with Crippen molar-refractivity contribution in [2.75, 3.05) is 0 Å². The molecule has 0 aromatic heterocycles. The van der Waals surface area contributed by atoms with Gasteiger partial charge in [0.15, 0.2) is 0 Å². The molecule has 4 aliphatic rings. The summed E-state index contributed by atoms with van der Waals surface area (Å²) in [4.78, 5) is 0. The van der Waals surface area contributed by atoms with Crippen molar-refractivity contribution < 1.29 is 0 Å². The van der Waals surface area contributed by atoms with Crippen molar-refractivity contribution in [3.05, 3.63) is 0 Å². The van der Waals surface area contributed by atoms with Gasteiger partial charge in [0.2, 0.25) is 0 Å². The maximum atomic E-state index is 6.49. The van der Waals surface area contributed by atoms with Gasteiger partial charge in [-0.1, -0.05) is 38.4 Å². The molecule has 0 aromatic rings. The number of rotatable bonds is 0. The molecular weight excluding hydrogens is 155 g/mol. The van der Waals surface area contributed by atoms with Crippen molar-refractivity contribution in [2.24, 2.45) is 16.7 Å². The molecule has 70 valence electrons. The smallest absolute Gasteiger partial charge is 0.0648 e. The first-order valence-corrected chi connectivity index (χ1v) is 5.70. The third-order valence-corrected chi connectivity index (χ3v) is 4.67. The lowest BCUT2D eigenvalue weighted by molar-refractivity contribution is -0.0837. The first-order chi connectivity index (χ1) is 5.91. The topological polar surface area (TPSA) is 0 Å². The highest BCUT2D eigenvalue weighted by Gasteiger charge is 2.57. The van der Waals surface area contributed by atoms with Gasteiger partial charge in [-0.15, -0.1) is 0 Å². The van der Waals surface area contributed by atoms with E-state index in [1.165, 1.54) is 38.5 Å². The SMILES string of the molecule is [B]C12CC3CC(C)(C1)CC(C)(C3)C2. The molecule has 0 aromatic carbocycles. The Morgan fingerprint density at radius 2 is 1.46 bits per heavy atom. The van der Waals surface area contributed by atoms with Crippen molar-refractivity contribution >= 4 is 7.85 Å². The van der Waals surface area contributed by atoms with Crippen molar-refractivity contribution in [1.29, 1.82) is 0 Å². The van der Waals surface area contributed by atoms with E-state index in [-0.39, 0.29) is 5.31 Å². The van der Waals surface area contributed by atoms with Crippen LogP contribution in [-0.2, 0) is 0 Å². The van der Waals surface area contributed by atoms with Crippen molar-refractivity contribution in [1.82, 2.24) is 0 Å². The quantitative estimate of drug-likeness (QED) is 0.494. The fourth-order valence-electron chi connectivity index (χ4n) is 5.54. The van der Waals surface area contributed by atoms with E-state index in [9.17, 15) is 0 Å². The summed E-state index contributed by atoms with van der Waals surface area (Å²) >= 11 is 0. The molecule has 4 bridgehead atoms. The predicted molar refractivity (Wildman–Crippen MR) is 55.9 cm³/mol. The van der Waals surface area contributed by atoms with E-state index in [1.807, 2.05) is 0 Å². The molecular formula is C12H19B. The molecule has 1 heteroatoms. The molecule has 0 spiro atoms. The van der Waals surface area contributed by atoms with Crippen LogP contribution >= 0.6 is 0 Å². The van der Waals surface area contributed by atoms with Crippen LogP contribution in [0.25, 0.3) is 0 Å². The highest BCUT2D eigenvalue weighted by Crippen LogP contribution is 2.71. The second kappa shape index (κ2) is 2.02. The van der Waals surface area contributed by atoms with Crippen LogP contribution in [0.4, 0.5) is 0 Å².